The summed E-state index contributed by atoms with van der Waals surface area (Å²) in [6.45, 7) is 0.754. The second-order valence-corrected chi connectivity index (χ2v) is 10.7. The average Bonchev–Trinajstić information content (AvgIpc) is 3.12. The maximum atomic E-state index is 12.6. The molecule has 1 N–H and O–H groups in total. The second-order valence-electron chi connectivity index (χ2n) is 8.33. The van der Waals surface area contributed by atoms with Crippen LogP contribution in [0.15, 0.2) is 47.5 Å². The summed E-state index contributed by atoms with van der Waals surface area (Å²) in [4.78, 5) is 12.8. The quantitative estimate of drug-likeness (QED) is 0.571. The van der Waals surface area contributed by atoms with E-state index in [4.69, 9.17) is 11.6 Å². The zero-order valence-corrected chi connectivity index (χ0v) is 19.0. The Hall–Kier alpha value is -2.38. The van der Waals surface area contributed by atoms with Crippen LogP contribution in [0, 0.1) is 5.92 Å². The van der Waals surface area contributed by atoms with Crippen molar-refractivity contribution in [2.75, 3.05) is 11.6 Å². The summed E-state index contributed by atoms with van der Waals surface area (Å²) in [5, 5.41) is 8.43. The van der Waals surface area contributed by atoms with E-state index in [-0.39, 0.29) is 17.2 Å². The minimum Gasteiger partial charge on any atom is -0.326 e. The van der Waals surface area contributed by atoms with E-state index in [0.29, 0.717) is 27.6 Å². The Morgan fingerprint density at radius 2 is 1.94 bits per heavy atom. The second kappa shape index (κ2) is 9.01. The van der Waals surface area contributed by atoms with E-state index in [1.807, 2.05) is 22.9 Å². The summed E-state index contributed by atoms with van der Waals surface area (Å²) in [6.07, 6.45) is 8.94. The van der Waals surface area contributed by atoms with E-state index in [1.54, 1.807) is 18.3 Å². The van der Waals surface area contributed by atoms with Gasteiger partial charge in [-0.1, -0.05) is 49.1 Å². The van der Waals surface area contributed by atoms with Gasteiger partial charge in [0.25, 0.3) is 0 Å². The molecule has 3 aromatic rings. The van der Waals surface area contributed by atoms with Gasteiger partial charge in [-0.25, -0.2) is 8.42 Å². The molecule has 1 aliphatic rings. The molecular weight excluding hydrogens is 434 g/mol. The van der Waals surface area contributed by atoms with Crippen molar-refractivity contribution in [3.63, 3.8) is 0 Å². The number of halogens is 1. The standard InChI is InChI=1S/C23H26ClN3O3S/c1-31(29,30)22-13-18(26-23(28)11-17-9-5-6-10-20(17)24)12-21-19(22)14-25-27(21)15-16-7-3-2-4-8-16/h5-6,9-10,12-14,16H,2-4,7-8,11,15H2,1H3,(H,26,28). The number of nitrogens with zero attached hydrogens (tertiary/aromatic N) is 2. The minimum atomic E-state index is -3.50. The third kappa shape index (κ3) is 5.10. The lowest BCUT2D eigenvalue weighted by molar-refractivity contribution is -0.115. The van der Waals surface area contributed by atoms with E-state index in [2.05, 4.69) is 10.4 Å². The minimum absolute atomic E-state index is 0.104. The fourth-order valence-electron chi connectivity index (χ4n) is 4.30. The van der Waals surface area contributed by atoms with Crippen LogP contribution in [0.1, 0.15) is 37.7 Å². The normalized spacial score (nSPS) is 15.3. The maximum Gasteiger partial charge on any atom is 0.228 e. The fourth-order valence-corrected chi connectivity index (χ4v) is 5.40. The number of anilines is 1. The van der Waals surface area contributed by atoms with Gasteiger partial charge in [-0.3, -0.25) is 9.48 Å². The monoisotopic (exact) mass is 459 g/mol. The number of hydrogen-bond donors (Lipinski definition) is 1. The molecule has 6 nitrogen and oxygen atoms in total. The smallest absolute Gasteiger partial charge is 0.228 e. The van der Waals surface area contributed by atoms with Crippen LogP contribution >= 0.6 is 11.6 Å². The topological polar surface area (TPSA) is 81.1 Å². The molecule has 0 aliphatic heterocycles. The molecule has 0 radical (unpaired) electrons. The highest BCUT2D eigenvalue weighted by Crippen LogP contribution is 2.30. The van der Waals surface area contributed by atoms with E-state index >= 15 is 0 Å². The number of benzene rings is 2. The van der Waals surface area contributed by atoms with Gasteiger partial charge < -0.3 is 5.32 Å². The first-order valence-electron chi connectivity index (χ1n) is 10.5. The zero-order chi connectivity index (χ0) is 22.0. The number of rotatable bonds is 6. The van der Waals surface area contributed by atoms with Crippen LogP contribution in [0.3, 0.4) is 0 Å². The first-order valence-corrected chi connectivity index (χ1v) is 12.8. The summed E-state index contributed by atoms with van der Waals surface area (Å²) in [6, 6.07) is 10.5. The maximum absolute atomic E-state index is 12.6. The van der Waals surface area contributed by atoms with Crippen molar-refractivity contribution < 1.29 is 13.2 Å². The largest absolute Gasteiger partial charge is 0.326 e. The van der Waals surface area contributed by atoms with E-state index < -0.39 is 9.84 Å². The molecule has 0 spiro atoms. The molecule has 1 aliphatic carbocycles. The molecule has 2 aromatic carbocycles. The summed E-state index contributed by atoms with van der Waals surface area (Å²) in [5.74, 6) is 0.280. The van der Waals surface area contributed by atoms with Crippen LogP contribution in [0.2, 0.25) is 5.02 Å². The lowest BCUT2D eigenvalue weighted by Gasteiger charge is -2.21. The Labute approximate surface area is 187 Å². The number of nitrogens with one attached hydrogen (secondary N) is 1. The molecule has 1 fully saturated rings. The van der Waals surface area contributed by atoms with Crippen molar-refractivity contribution in [2.24, 2.45) is 5.92 Å². The van der Waals surface area contributed by atoms with Crippen LogP contribution in [-0.2, 0) is 27.6 Å². The third-order valence-electron chi connectivity index (χ3n) is 5.87. The van der Waals surface area contributed by atoms with Crippen LogP contribution in [0.5, 0.6) is 0 Å². The van der Waals surface area contributed by atoms with E-state index in [9.17, 15) is 13.2 Å². The number of carbonyl (C=O) groups excluding carboxylic acids is 1. The third-order valence-corrected chi connectivity index (χ3v) is 7.38. The lowest BCUT2D eigenvalue weighted by atomic mass is 9.89. The molecule has 1 saturated carbocycles. The lowest BCUT2D eigenvalue weighted by Crippen LogP contribution is -2.16. The molecule has 1 aromatic heterocycles. The van der Waals surface area contributed by atoms with Gasteiger partial charge >= 0.3 is 0 Å². The van der Waals surface area contributed by atoms with Gasteiger partial charge in [0.15, 0.2) is 9.84 Å². The Balaban J connectivity index is 1.65. The Bertz CT molecular complexity index is 1210. The molecule has 8 heteroatoms. The van der Waals surface area contributed by atoms with Crippen LogP contribution in [0.4, 0.5) is 5.69 Å². The molecule has 0 unspecified atom stereocenters. The van der Waals surface area contributed by atoms with Gasteiger partial charge in [-0.2, -0.15) is 5.10 Å². The Kier molecular flexibility index (Phi) is 6.34. The molecule has 1 amide bonds. The first kappa shape index (κ1) is 21.8. The molecule has 164 valence electrons. The predicted octanol–water partition coefficient (Wildman–Crippen LogP) is 4.85. The molecular formula is C23H26ClN3O3S. The van der Waals surface area contributed by atoms with Gasteiger partial charge in [-0.15, -0.1) is 0 Å². The Morgan fingerprint density at radius 1 is 1.19 bits per heavy atom. The SMILES string of the molecule is CS(=O)(=O)c1cc(NC(=O)Cc2ccccc2Cl)cc2c1cnn2CC1CCCCC1. The van der Waals surface area contributed by atoms with Gasteiger partial charge in [0.05, 0.1) is 23.0 Å². The highest BCUT2D eigenvalue weighted by molar-refractivity contribution is 7.91. The van der Waals surface area contributed by atoms with Gasteiger partial charge in [0, 0.05) is 28.9 Å². The number of carbonyl (C=O) groups is 1. The molecule has 0 saturated heterocycles. The zero-order valence-electron chi connectivity index (χ0n) is 17.5. The number of aromatic nitrogens is 2. The summed E-state index contributed by atoms with van der Waals surface area (Å²) < 4.78 is 26.8. The highest BCUT2D eigenvalue weighted by atomic mass is 35.5. The number of sulfone groups is 1. The van der Waals surface area contributed by atoms with Crippen molar-refractivity contribution >= 4 is 43.9 Å². The van der Waals surface area contributed by atoms with Crippen molar-refractivity contribution in [1.82, 2.24) is 9.78 Å². The van der Waals surface area contributed by atoms with Crippen LogP contribution in [-0.4, -0.2) is 30.4 Å². The van der Waals surface area contributed by atoms with E-state index in [1.165, 1.54) is 31.6 Å². The van der Waals surface area contributed by atoms with Crippen molar-refractivity contribution in [1.29, 1.82) is 0 Å². The van der Waals surface area contributed by atoms with Gasteiger partial charge in [-0.05, 0) is 42.5 Å². The number of fused-ring (bicyclic) bond motifs is 1. The highest BCUT2D eigenvalue weighted by Gasteiger charge is 2.20. The number of hydrogen-bond acceptors (Lipinski definition) is 4. The number of amides is 1. The average molecular weight is 460 g/mol. The molecule has 0 bridgehead atoms. The first-order chi connectivity index (χ1) is 14.8. The molecule has 1 heterocycles. The Morgan fingerprint density at radius 3 is 2.65 bits per heavy atom. The molecule has 0 atom stereocenters. The van der Waals surface area contributed by atoms with Gasteiger partial charge in [0.1, 0.15) is 0 Å². The fraction of sp³-hybridized carbons (Fsp3) is 0.391. The molecule has 4 rings (SSSR count). The summed E-state index contributed by atoms with van der Waals surface area (Å²) in [5.41, 5.74) is 1.88. The van der Waals surface area contributed by atoms with Crippen molar-refractivity contribution in [3.05, 3.63) is 53.2 Å². The molecule has 31 heavy (non-hydrogen) atoms. The summed E-state index contributed by atoms with van der Waals surface area (Å²) in [7, 11) is -3.50. The summed E-state index contributed by atoms with van der Waals surface area (Å²) >= 11 is 6.16. The predicted molar refractivity (Wildman–Crippen MR) is 123 cm³/mol. The van der Waals surface area contributed by atoms with Crippen molar-refractivity contribution in [2.45, 2.75) is 50.0 Å². The van der Waals surface area contributed by atoms with Crippen molar-refractivity contribution in [3.8, 4) is 0 Å². The van der Waals surface area contributed by atoms with Gasteiger partial charge in [0.2, 0.25) is 5.91 Å². The van der Waals surface area contributed by atoms with E-state index in [0.717, 1.165) is 24.9 Å². The van der Waals surface area contributed by atoms with Crippen LogP contribution in [0.25, 0.3) is 10.9 Å². The van der Waals surface area contributed by atoms with Crippen LogP contribution < -0.4 is 5.32 Å².